The predicted octanol–water partition coefficient (Wildman–Crippen LogP) is 4.86. The van der Waals surface area contributed by atoms with Crippen molar-refractivity contribution in [1.29, 1.82) is 0 Å². The van der Waals surface area contributed by atoms with Crippen LogP contribution in [0.5, 0.6) is 5.75 Å². The van der Waals surface area contributed by atoms with Crippen LogP contribution in [0.1, 0.15) is 36.0 Å². The Balaban J connectivity index is 1.54. The summed E-state index contributed by atoms with van der Waals surface area (Å²) >= 11 is 0. The van der Waals surface area contributed by atoms with E-state index in [1.165, 1.54) is 0 Å². The summed E-state index contributed by atoms with van der Waals surface area (Å²) in [4.78, 5) is 31.6. The van der Waals surface area contributed by atoms with E-state index in [9.17, 15) is 9.59 Å². The largest absolute Gasteiger partial charge is 0.415 e. The summed E-state index contributed by atoms with van der Waals surface area (Å²) in [6.07, 6.45) is 5.49. The topological polar surface area (TPSA) is 71.5 Å². The molecule has 0 unspecified atom stereocenters. The number of rotatable bonds is 3. The minimum Gasteiger partial charge on any atom is -0.409 e. The molecule has 4 rings (SSSR count). The number of carbonyl (C=O) groups excluding carboxylic acids is 2. The van der Waals surface area contributed by atoms with Gasteiger partial charge in [0.2, 0.25) is 0 Å². The summed E-state index contributed by atoms with van der Waals surface area (Å²) in [5.41, 5.74) is 1.63. The molecule has 29 heavy (non-hydrogen) atoms. The van der Waals surface area contributed by atoms with Gasteiger partial charge < -0.3 is 15.0 Å². The van der Waals surface area contributed by atoms with Crippen LogP contribution in [0.25, 0.3) is 10.9 Å². The molecule has 1 N–H and O–H groups in total. The molecule has 2 heterocycles. The van der Waals surface area contributed by atoms with Crippen molar-refractivity contribution in [2.45, 2.75) is 25.7 Å². The third kappa shape index (κ3) is 4.37. The standard InChI is InChI=1S/C23H23N3O3/c27-22(25-19-12-7-9-17-10-8-14-24-21(17)19)18-11-3-4-13-20(18)29-23(28)26-15-5-1-2-6-16-26/h3-4,7-14H,1-2,5-6,15-16H2,(H,25,27). The van der Waals surface area contributed by atoms with Crippen LogP contribution < -0.4 is 10.1 Å². The Morgan fingerprint density at radius 1 is 0.897 bits per heavy atom. The molecule has 1 aliphatic heterocycles. The zero-order chi connectivity index (χ0) is 20.1. The van der Waals surface area contributed by atoms with Gasteiger partial charge in [-0.05, 0) is 37.1 Å². The minimum absolute atomic E-state index is 0.257. The summed E-state index contributed by atoms with van der Waals surface area (Å²) in [5.74, 6) is -0.0881. The number of hydrogen-bond acceptors (Lipinski definition) is 4. The molecule has 0 aliphatic carbocycles. The van der Waals surface area contributed by atoms with Crippen molar-refractivity contribution in [3.63, 3.8) is 0 Å². The van der Waals surface area contributed by atoms with Crippen molar-refractivity contribution in [3.05, 3.63) is 66.4 Å². The second-order valence-electron chi connectivity index (χ2n) is 7.10. The highest BCUT2D eigenvalue weighted by atomic mass is 16.6. The lowest BCUT2D eigenvalue weighted by Gasteiger charge is -2.20. The lowest BCUT2D eigenvalue weighted by molar-refractivity contribution is 0.102. The van der Waals surface area contributed by atoms with Crippen LogP contribution in [0, 0.1) is 0 Å². The molecule has 1 fully saturated rings. The van der Waals surface area contributed by atoms with Gasteiger partial charge in [0.05, 0.1) is 16.8 Å². The van der Waals surface area contributed by atoms with E-state index < -0.39 is 6.09 Å². The first-order valence-electron chi connectivity index (χ1n) is 9.93. The fourth-order valence-corrected chi connectivity index (χ4v) is 3.55. The second-order valence-corrected chi connectivity index (χ2v) is 7.10. The SMILES string of the molecule is O=C(Nc1cccc2cccnc12)c1ccccc1OC(=O)N1CCCCCC1. The first-order valence-corrected chi connectivity index (χ1v) is 9.93. The maximum atomic E-state index is 12.9. The molecular formula is C23H23N3O3. The Morgan fingerprint density at radius 3 is 2.48 bits per heavy atom. The Morgan fingerprint density at radius 2 is 1.66 bits per heavy atom. The van der Waals surface area contributed by atoms with Gasteiger partial charge in [-0.1, -0.05) is 43.2 Å². The summed E-state index contributed by atoms with van der Waals surface area (Å²) in [6, 6.07) is 16.2. The number of nitrogens with zero attached hydrogens (tertiary/aromatic N) is 2. The first kappa shape index (κ1) is 18.9. The average molecular weight is 389 g/mol. The number of carbonyl (C=O) groups is 2. The highest BCUT2D eigenvalue weighted by Gasteiger charge is 2.21. The fraction of sp³-hybridized carbons (Fsp3) is 0.261. The van der Waals surface area contributed by atoms with E-state index in [0.717, 1.165) is 31.1 Å². The summed E-state index contributed by atoms with van der Waals surface area (Å²) in [5, 5.41) is 3.83. The molecule has 1 aliphatic rings. The number of fused-ring (bicyclic) bond motifs is 1. The molecule has 148 valence electrons. The van der Waals surface area contributed by atoms with E-state index in [4.69, 9.17) is 4.74 Å². The average Bonchev–Trinajstić information content (AvgIpc) is 3.04. The van der Waals surface area contributed by atoms with Crippen molar-refractivity contribution < 1.29 is 14.3 Å². The van der Waals surface area contributed by atoms with Crippen LogP contribution in [0.15, 0.2) is 60.8 Å². The van der Waals surface area contributed by atoms with Crippen molar-refractivity contribution in [1.82, 2.24) is 9.88 Å². The highest BCUT2D eigenvalue weighted by Crippen LogP contribution is 2.24. The predicted molar refractivity (Wildman–Crippen MR) is 112 cm³/mol. The number of aromatic nitrogens is 1. The maximum Gasteiger partial charge on any atom is 0.415 e. The zero-order valence-electron chi connectivity index (χ0n) is 16.1. The van der Waals surface area contributed by atoms with Gasteiger partial charge in [0.1, 0.15) is 5.75 Å². The van der Waals surface area contributed by atoms with Crippen LogP contribution in [-0.4, -0.2) is 35.0 Å². The highest BCUT2D eigenvalue weighted by molar-refractivity contribution is 6.09. The normalized spacial score (nSPS) is 14.3. The number of nitrogens with one attached hydrogen (secondary N) is 1. The van der Waals surface area contributed by atoms with Crippen LogP contribution in [-0.2, 0) is 0 Å². The summed E-state index contributed by atoms with van der Waals surface area (Å²) in [7, 11) is 0. The fourth-order valence-electron chi connectivity index (χ4n) is 3.55. The minimum atomic E-state index is -0.404. The number of hydrogen-bond donors (Lipinski definition) is 1. The number of para-hydroxylation sites is 2. The van der Waals surface area contributed by atoms with Crippen LogP contribution in [0.3, 0.4) is 0 Å². The molecular weight excluding hydrogens is 366 g/mol. The molecule has 0 bridgehead atoms. The molecule has 0 saturated carbocycles. The quantitative estimate of drug-likeness (QED) is 0.694. The van der Waals surface area contributed by atoms with E-state index in [1.54, 1.807) is 41.4 Å². The first-order chi connectivity index (χ1) is 14.2. The number of benzene rings is 2. The molecule has 6 nitrogen and oxygen atoms in total. The maximum absolute atomic E-state index is 12.9. The van der Waals surface area contributed by atoms with Gasteiger partial charge in [-0.3, -0.25) is 9.78 Å². The van der Waals surface area contributed by atoms with Gasteiger partial charge in [-0.15, -0.1) is 0 Å². The number of anilines is 1. The zero-order valence-corrected chi connectivity index (χ0v) is 16.1. The summed E-state index contributed by atoms with van der Waals surface area (Å²) in [6.45, 7) is 1.38. The Kier molecular flexibility index (Phi) is 5.70. The molecule has 3 aromatic rings. The third-order valence-electron chi connectivity index (χ3n) is 5.07. The molecule has 0 atom stereocenters. The van der Waals surface area contributed by atoms with Gasteiger partial charge in [-0.25, -0.2) is 4.79 Å². The van der Waals surface area contributed by atoms with Gasteiger partial charge in [-0.2, -0.15) is 0 Å². The van der Waals surface area contributed by atoms with Crippen molar-refractivity contribution in [2.24, 2.45) is 0 Å². The molecule has 2 amide bonds. The van der Waals surface area contributed by atoms with Crippen molar-refractivity contribution >= 4 is 28.6 Å². The Labute approximate surface area is 169 Å². The Hall–Kier alpha value is -3.41. The van der Waals surface area contributed by atoms with Gasteiger partial charge in [0.15, 0.2) is 0 Å². The van der Waals surface area contributed by atoms with Crippen LogP contribution in [0.2, 0.25) is 0 Å². The van der Waals surface area contributed by atoms with Crippen LogP contribution in [0.4, 0.5) is 10.5 Å². The van der Waals surface area contributed by atoms with E-state index in [0.29, 0.717) is 29.9 Å². The molecule has 6 heteroatoms. The molecule has 0 spiro atoms. The number of likely N-dealkylation sites (tertiary alicyclic amines) is 1. The number of amides is 2. The monoisotopic (exact) mass is 389 g/mol. The van der Waals surface area contributed by atoms with Gasteiger partial charge in [0, 0.05) is 24.7 Å². The number of pyridine rings is 1. The van der Waals surface area contributed by atoms with E-state index in [1.807, 2.05) is 24.3 Å². The van der Waals surface area contributed by atoms with Crippen molar-refractivity contribution in [2.75, 3.05) is 18.4 Å². The van der Waals surface area contributed by atoms with Gasteiger partial charge in [0.25, 0.3) is 5.91 Å². The smallest absolute Gasteiger partial charge is 0.409 e. The molecule has 1 saturated heterocycles. The summed E-state index contributed by atoms with van der Waals surface area (Å²) < 4.78 is 5.60. The third-order valence-corrected chi connectivity index (χ3v) is 5.07. The van der Waals surface area contributed by atoms with Crippen LogP contribution >= 0.6 is 0 Å². The number of ether oxygens (including phenoxy) is 1. The lowest BCUT2D eigenvalue weighted by Crippen LogP contribution is -2.34. The van der Waals surface area contributed by atoms with E-state index in [-0.39, 0.29) is 11.7 Å². The van der Waals surface area contributed by atoms with Gasteiger partial charge >= 0.3 is 6.09 Å². The molecule has 0 radical (unpaired) electrons. The Bertz CT molecular complexity index is 1020. The van der Waals surface area contributed by atoms with Crippen molar-refractivity contribution in [3.8, 4) is 5.75 Å². The lowest BCUT2D eigenvalue weighted by atomic mass is 10.1. The molecule has 1 aromatic heterocycles. The van der Waals surface area contributed by atoms with E-state index >= 15 is 0 Å². The second kappa shape index (κ2) is 8.73. The van der Waals surface area contributed by atoms with E-state index in [2.05, 4.69) is 10.3 Å². The molecule has 2 aromatic carbocycles.